The molecule has 0 aliphatic heterocycles. The Morgan fingerprint density at radius 3 is 1.02 bits per heavy atom. The van der Waals surface area contributed by atoms with E-state index in [4.69, 9.17) is 0 Å². The number of benzene rings is 13. The van der Waals surface area contributed by atoms with Gasteiger partial charge in [-0.2, -0.15) is 0 Å². The van der Waals surface area contributed by atoms with E-state index < -0.39 is 0 Å². The Kier molecular flexibility index (Phi) is 8.62. The summed E-state index contributed by atoms with van der Waals surface area (Å²) in [5, 5.41) is 14.4. The number of hydrogen-bond acceptors (Lipinski definition) is 2. The zero-order valence-electron chi connectivity index (χ0n) is 35.6. The van der Waals surface area contributed by atoms with Gasteiger partial charge in [0.2, 0.25) is 0 Å². The van der Waals surface area contributed by atoms with Crippen LogP contribution < -0.4 is 9.80 Å². The van der Waals surface area contributed by atoms with E-state index in [1.54, 1.807) is 24.3 Å². The van der Waals surface area contributed by atoms with E-state index in [0.29, 0.717) is 10.8 Å². The van der Waals surface area contributed by atoms with Crippen LogP contribution in [0.2, 0.25) is 0 Å². The summed E-state index contributed by atoms with van der Waals surface area (Å²) in [5.74, 6) is -0.600. The first-order valence-electron chi connectivity index (χ1n) is 22.3. The minimum atomic E-state index is -0.300. The highest BCUT2D eigenvalue weighted by Gasteiger charge is 2.21. The highest BCUT2D eigenvalue weighted by molar-refractivity contribution is 6.33. The number of anilines is 6. The van der Waals surface area contributed by atoms with Gasteiger partial charge in [-0.25, -0.2) is 8.78 Å². The number of hydrogen-bond donors (Lipinski definition) is 0. The van der Waals surface area contributed by atoms with E-state index in [2.05, 4.69) is 168 Å². The summed E-state index contributed by atoms with van der Waals surface area (Å²) in [6, 6.07) is 78.3. The van der Waals surface area contributed by atoms with Gasteiger partial charge < -0.3 is 9.80 Å². The van der Waals surface area contributed by atoms with Gasteiger partial charge in [0.1, 0.15) is 11.6 Å². The molecule has 0 aliphatic rings. The van der Waals surface area contributed by atoms with Gasteiger partial charge in [-0.15, -0.1) is 0 Å². The van der Waals surface area contributed by atoms with Crippen LogP contribution in [-0.4, -0.2) is 0 Å². The van der Waals surface area contributed by atoms with Crippen molar-refractivity contribution in [2.45, 2.75) is 0 Å². The first-order chi connectivity index (χ1) is 32.6. The summed E-state index contributed by atoms with van der Waals surface area (Å²) in [4.78, 5) is 4.51. The third-order valence-corrected chi connectivity index (χ3v) is 13.4. The molecule has 0 unspecified atom stereocenters. The van der Waals surface area contributed by atoms with Crippen molar-refractivity contribution in [2.75, 3.05) is 9.80 Å². The molecule has 0 atom stereocenters. The molecule has 13 aromatic rings. The van der Waals surface area contributed by atoms with E-state index in [0.717, 1.165) is 98.8 Å². The average molecular weight is 849 g/mol. The average Bonchev–Trinajstić information content (AvgIpc) is 3.37. The topological polar surface area (TPSA) is 6.48 Å². The fourth-order valence-electron chi connectivity index (χ4n) is 10.4. The van der Waals surface area contributed by atoms with Gasteiger partial charge in [-0.3, -0.25) is 0 Å². The quantitative estimate of drug-likeness (QED) is 0.121. The fraction of sp³-hybridized carbons (Fsp3) is 0. The minimum Gasteiger partial charge on any atom is -0.310 e. The SMILES string of the molecule is Fc1cccc2c3cc(N(c4ccccc4)c4ccc5ccccc5c4)ccc3c3cc4c(cc3c12)c1ccc(N(c2ccccc2)c2ccc3ccccc3c2)cc1c1cccc(F)c14. The molecule has 0 saturated heterocycles. The smallest absolute Gasteiger partial charge is 0.131 e. The van der Waals surface area contributed by atoms with E-state index in [-0.39, 0.29) is 11.6 Å². The Balaban J connectivity index is 1.06. The highest BCUT2D eigenvalue weighted by Crippen LogP contribution is 2.47. The van der Waals surface area contributed by atoms with Crippen LogP contribution in [0.1, 0.15) is 0 Å². The molecule has 0 amide bonds. The Hall–Kier alpha value is -8.60. The van der Waals surface area contributed by atoms with Gasteiger partial charge in [0.15, 0.2) is 0 Å². The molecule has 13 rings (SSSR count). The van der Waals surface area contributed by atoms with Crippen molar-refractivity contribution < 1.29 is 8.78 Å². The normalized spacial score (nSPS) is 11.8. The summed E-state index contributed by atoms with van der Waals surface area (Å²) < 4.78 is 33.4. The van der Waals surface area contributed by atoms with Crippen molar-refractivity contribution >= 4 is 120 Å². The molecular formula is C62H38F2N2. The molecule has 0 heterocycles. The van der Waals surface area contributed by atoms with Crippen molar-refractivity contribution in [3.63, 3.8) is 0 Å². The molecule has 0 bridgehead atoms. The van der Waals surface area contributed by atoms with E-state index in [1.165, 1.54) is 10.8 Å². The number of fused-ring (bicyclic) bond motifs is 14. The molecule has 0 saturated carbocycles. The molecule has 0 aromatic heterocycles. The van der Waals surface area contributed by atoms with Crippen molar-refractivity contribution in [1.29, 1.82) is 0 Å². The molecule has 66 heavy (non-hydrogen) atoms. The zero-order chi connectivity index (χ0) is 43.9. The molecule has 2 nitrogen and oxygen atoms in total. The van der Waals surface area contributed by atoms with Gasteiger partial charge in [0, 0.05) is 44.9 Å². The van der Waals surface area contributed by atoms with E-state index in [9.17, 15) is 0 Å². The molecule has 0 radical (unpaired) electrons. The van der Waals surface area contributed by atoms with Gasteiger partial charge in [0.05, 0.1) is 0 Å². The van der Waals surface area contributed by atoms with E-state index >= 15 is 8.78 Å². The molecular weight excluding hydrogens is 811 g/mol. The van der Waals surface area contributed by atoms with Gasteiger partial charge in [-0.05, 0) is 172 Å². The van der Waals surface area contributed by atoms with Gasteiger partial charge in [0.25, 0.3) is 0 Å². The van der Waals surface area contributed by atoms with Crippen LogP contribution in [0, 0.1) is 11.6 Å². The summed E-state index contributed by atoms with van der Waals surface area (Å²) >= 11 is 0. The molecule has 13 aromatic carbocycles. The predicted octanol–water partition coefficient (Wildman–Crippen LogP) is 18.1. The lowest BCUT2D eigenvalue weighted by Gasteiger charge is -2.27. The number of rotatable bonds is 6. The van der Waals surface area contributed by atoms with Crippen LogP contribution in [-0.2, 0) is 0 Å². The van der Waals surface area contributed by atoms with Crippen LogP contribution in [0.3, 0.4) is 0 Å². The monoisotopic (exact) mass is 848 g/mol. The number of nitrogens with zero attached hydrogens (tertiary/aromatic N) is 2. The van der Waals surface area contributed by atoms with Gasteiger partial charge in [-0.1, -0.05) is 133 Å². The van der Waals surface area contributed by atoms with Crippen LogP contribution in [0.25, 0.3) is 86.2 Å². The predicted molar refractivity (Wildman–Crippen MR) is 276 cm³/mol. The van der Waals surface area contributed by atoms with Crippen molar-refractivity contribution in [3.05, 3.63) is 242 Å². The summed E-state index contributed by atoms with van der Waals surface area (Å²) in [6.07, 6.45) is 0. The maximum Gasteiger partial charge on any atom is 0.131 e. The third kappa shape index (κ3) is 5.99. The van der Waals surface area contributed by atoms with Crippen LogP contribution >= 0.6 is 0 Å². The van der Waals surface area contributed by atoms with Crippen molar-refractivity contribution in [2.24, 2.45) is 0 Å². The fourth-order valence-corrected chi connectivity index (χ4v) is 10.4. The molecule has 310 valence electrons. The van der Waals surface area contributed by atoms with Crippen molar-refractivity contribution in [3.8, 4) is 0 Å². The van der Waals surface area contributed by atoms with Crippen LogP contribution in [0.15, 0.2) is 231 Å². The lowest BCUT2D eigenvalue weighted by molar-refractivity contribution is 0.640. The Bertz CT molecular complexity index is 3820. The second-order valence-electron chi connectivity index (χ2n) is 17.1. The summed E-state index contributed by atoms with van der Waals surface area (Å²) in [6.45, 7) is 0. The Morgan fingerprint density at radius 2 is 0.576 bits per heavy atom. The van der Waals surface area contributed by atoms with Gasteiger partial charge >= 0.3 is 0 Å². The van der Waals surface area contributed by atoms with Crippen LogP contribution in [0.4, 0.5) is 42.9 Å². The first kappa shape index (κ1) is 37.9. The number of halogens is 2. The minimum absolute atomic E-state index is 0.300. The molecule has 0 aliphatic carbocycles. The largest absolute Gasteiger partial charge is 0.310 e. The second kappa shape index (κ2) is 15.0. The maximum absolute atomic E-state index is 16.7. The molecule has 4 heteroatoms. The number of para-hydroxylation sites is 2. The molecule has 0 fully saturated rings. The van der Waals surface area contributed by atoms with E-state index in [1.807, 2.05) is 48.5 Å². The Morgan fingerprint density at radius 1 is 0.212 bits per heavy atom. The summed E-state index contributed by atoms with van der Waals surface area (Å²) in [5.41, 5.74) is 5.94. The zero-order valence-corrected chi connectivity index (χ0v) is 35.6. The molecule has 0 spiro atoms. The Labute approximate surface area is 379 Å². The maximum atomic E-state index is 16.7. The first-order valence-corrected chi connectivity index (χ1v) is 22.3. The summed E-state index contributed by atoms with van der Waals surface area (Å²) in [7, 11) is 0. The lowest BCUT2D eigenvalue weighted by Crippen LogP contribution is -2.09. The third-order valence-electron chi connectivity index (χ3n) is 13.4. The highest BCUT2D eigenvalue weighted by atomic mass is 19.1. The lowest BCUT2D eigenvalue weighted by atomic mass is 9.88. The van der Waals surface area contributed by atoms with Crippen molar-refractivity contribution in [1.82, 2.24) is 0 Å². The molecule has 0 N–H and O–H groups in total. The van der Waals surface area contributed by atoms with Crippen LogP contribution in [0.5, 0.6) is 0 Å². The standard InChI is InChI=1S/C62H38F2N2/c63-59-23-11-21-51-53-35-47(65(43-17-3-1-4-18-43)45-27-25-39-13-7-9-15-41(39)33-45)29-31-49(53)55-37-58-56(38-57(55)61(51)59)50-32-30-48(36-54(50)52-22-12-24-60(64)62(52)58)66(44-19-5-2-6-20-44)46-28-26-40-14-8-10-16-42(40)34-46/h1-38H. The second-order valence-corrected chi connectivity index (χ2v) is 17.1.